The minimum absolute atomic E-state index is 0.0905. The predicted octanol–water partition coefficient (Wildman–Crippen LogP) is 3.08. The molecule has 1 aromatic carbocycles. The summed E-state index contributed by atoms with van der Waals surface area (Å²) in [5.74, 6) is 1.01. The maximum absolute atomic E-state index is 12.3. The summed E-state index contributed by atoms with van der Waals surface area (Å²) in [6.45, 7) is 7.03. The fourth-order valence-corrected chi connectivity index (χ4v) is 3.14. The van der Waals surface area contributed by atoms with Gasteiger partial charge < -0.3 is 20.1 Å². The Morgan fingerprint density at radius 2 is 2.17 bits per heavy atom. The summed E-state index contributed by atoms with van der Waals surface area (Å²) in [4.78, 5) is 14.0. The van der Waals surface area contributed by atoms with Crippen molar-refractivity contribution in [3.05, 3.63) is 29.3 Å². The summed E-state index contributed by atoms with van der Waals surface area (Å²) in [7, 11) is 1.78. The third-order valence-electron chi connectivity index (χ3n) is 4.49. The number of carbonyl (C=O) groups excluding carboxylic acids is 1. The van der Waals surface area contributed by atoms with E-state index in [2.05, 4.69) is 5.32 Å². The van der Waals surface area contributed by atoms with Gasteiger partial charge in [0.1, 0.15) is 5.75 Å². The maximum Gasteiger partial charge on any atom is 0.317 e. The number of urea groups is 1. The molecule has 1 aromatic rings. The molecule has 0 aromatic heterocycles. The molecule has 0 heterocycles. The number of aliphatic hydroxyl groups excluding tert-OH is 1. The van der Waals surface area contributed by atoms with E-state index in [1.807, 2.05) is 39.0 Å². The van der Waals surface area contributed by atoms with Crippen LogP contribution in [0.3, 0.4) is 0 Å². The SMILES string of the molecule is Cc1ccc(CNC(=O)N(C)CC2CCCC2O)c(OC(C)C)c1. The molecule has 0 saturated heterocycles. The molecule has 2 rings (SSSR count). The molecule has 1 aliphatic carbocycles. The van der Waals surface area contributed by atoms with E-state index >= 15 is 0 Å². The van der Waals surface area contributed by atoms with E-state index in [4.69, 9.17) is 4.74 Å². The molecule has 1 aliphatic rings. The first-order chi connectivity index (χ1) is 11.4. The van der Waals surface area contributed by atoms with E-state index in [0.29, 0.717) is 13.1 Å². The van der Waals surface area contributed by atoms with Gasteiger partial charge in [-0.2, -0.15) is 0 Å². The number of hydrogen-bond acceptors (Lipinski definition) is 3. The lowest BCUT2D eigenvalue weighted by Gasteiger charge is -2.24. The van der Waals surface area contributed by atoms with Crippen LogP contribution in [0.2, 0.25) is 0 Å². The van der Waals surface area contributed by atoms with Gasteiger partial charge in [-0.05, 0) is 45.2 Å². The number of nitrogens with one attached hydrogen (secondary N) is 1. The van der Waals surface area contributed by atoms with E-state index in [0.717, 1.165) is 36.1 Å². The molecule has 24 heavy (non-hydrogen) atoms. The predicted molar refractivity (Wildman–Crippen MR) is 95.2 cm³/mol. The van der Waals surface area contributed by atoms with Crippen molar-refractivity contribution >= 4 is 6.03 Å². The second kappa shape index (κ2) is 8.38. The number of benzene rings is 1. The Bertz CT molecular complexity index is 560. The average Bonchev–Trinajstić information content (AvgIpc) is 2.90. The molecular weight excluding hydrogens is 304 g/mol. The highest BCUT2D eigenvalue weighted by Crippen LogP contribution is 2.26. The van der Waals surface area contributed by atoms with E-state index in [1.54, 1.807) is 11.9 Å². The molecule has 1 fully saturated rings. The third kappa shape index (κ3) is 5.13. The van der Waals surface area contributed by atoms with Gasteiger partial charge in [0.2, 0.25) is 0 Å². The lowest BCUT2D eigenvalue weighted by atomic mass is 10.1. The highest BCUT2D eigenvalue weighted by atomic mass is 16.5. The van der Waals surface area contributed by atoms with E-state index in [-0.39, 0.29) is 24.2 Å². The topological polar surface area (TPSA) is 61.8 Å². The van der Waals surface area contributed by atoms with Gasteiger partial charge in [-0.1, -0.05) is 18.6 Å². The Morgan fingerprint density at radius 3 is 2.79 bits per heavy atom. The molecule has 2 unspecified atom stereocenters. The number of rotatable bonds is 6. The second-order valence-electron chi connectivity index (χ2n) is 7.08. The van der Waals surface area contributed by atoms with Crippen molar-refractivity contribution < 1.29 is 14.6 Å². The van der Waals surface area contributed by atoms with Crippen molar-refractivity contribution in [2.45, 2.75) is 58.8 Å². The van der Waals surface area contributed by atoms with Crippen molar-refractivity contribution in [3.8, 4) is 5.75 Å². The molecule has 5 nitrogen and oxygen atoms in total. The number of amides is 2. The Morgan fingerprint density at radius 1 is 1.42 bits per heavy atom. The fourth-order valence-electron chi connectivity index (χ4n) is 3.14. The molecule has 5 heteroatoms. The van der Waals surface area contributed by atoms with Crippen LogP contribution in [0.1, 0.15) is 44.2 Å². The van der Waals surface area contributed by atoms with Crippen molar-refractivity contribution in [1.29, 1.82) is 0 Å². The highest BCUT2D eigenvalue weighted by molar-refractivity contribution is 5.74. The number of carbonyl (C=O) groups is 1. The number of aryl methyl sites for hydroxylation is 1. The number of hydrogen-bond donors (Lipinski definition) is 2. The van der Waals surface area contributed by atoms with Gasteiger partial charge in [0.15, 0.2) is 0 Å². The molecule has 2 N–H and O–H groups in total. The van der Waals surface area contributed by atoms with Gasteiger partial charge in [-0.25, -0.2) is 4.79 Å². The number of aliphatic hydroxyl groups is 1. The Kier molecular flexibility index (Phi) is 6.49. The van der Waals surface area contributed by atoms with Crippen LogP contribution in [0.15, 0.2) is 18.2 Å². The highest BCUT2D eigenvalue weighted by Gasteiger charge is 2.27. The van der Waals surface area contributed by atoms with Crippen LogP contribution in [0.4, 0.5) is 4.79 Å². The van der Waals surface area contributed by atoms with E-state index in [9.17, 15) is 9.90 Å². The van der Waals surface area contributed by atoms with Crippen molar-refractivity contribution in [3.63, 3.8) is 0 Å². The van der Waals surface area contributed by atoms with Gasteiger partial charge in [0, 0.05) is 31.6 Å². The van der Waals surface area contributed by atoms with Crippen LogP contribution in [-0.2, 0) is 6.54 Å². The summed E-state index contributed by atoms with van der Waals surface area (Å²) < 4.78 is 5.84. The third-order valence-corrected chi connectivity index (χ3v) is 4.49. The summed E-state index contributed by atoms with van der Waals surface area (Å²) in [6.07, 6.45) is 2.69. The Labute approximate surface area is 145 Å². The van der Waals surface area contributed by atoms with Gasteiger partial charge in [0.25, 0.3) is 0 Å². The van der Waals surface area contributed by atoms with Gasteiger partial charge in [0.05, 0.1) is 12.2 Å². The molecular formula is C19H30N2O3. The largest absolute Gasteiger partial charge is 0.491 e. The Hall–Kier alpha value is -1.75. The summed E-state index contributed by atoms with van der Waals surface area (Å²) >= 11 is 0. The molecule has 0 aliphatic heterocycles. The quantitative estimate of drug-likeness (QED) is 0.840. The zero-order valence-corrected chi connectivity index (χ0v) is 15.2. The molecule has 2 amide bonds. The van der Waals surface area contributed by atoms with Crippen molar-refractivity contribution in [2.75, 3.05) is 13.6 Å². The van der Waals surface area contributed by atoms with Crippen LogP contribution in [0.25, 0.3) is 0 Å². The van der Waals surface area contributed by atoms with Crippen molar-refractivity contribution in [2.24, 2.45) is 5.92 Å². The zero-order chi connectivity index (χ0) is 17.7. The number of ether oxygens (including phenoxy) is 1. The monoisotopic (exact) mass is 334 g/mol. The van der Waals surface area contributed by atoms with Crippen LogP contribution >= 0.6 is 0 Å². The van der Waals surface area contributed by atoms with Crippen LogP contribution in [-0.4, -0.2) is 41.8 Å². The first-order valence-corrected chi connectivity index (χ1v) is 8.80. The fraction of sp³-hybridized carbons (Fsp3) is 0.632. The van der Waals surface area contributed by atoms with Gasteiger partial charge in [-0.15, -0.1) is 0 Å². The molecule has 2 atom stereocenters. The smallest absolute Gasteiger partial charge is 0.317 e. The summed E-state index contributed by atoms with van der Waals surface area (Å²) in [6, 6.07) is 5.90. The first kappa shape index (κ1) is 18.6. The molecule has 0 spiro atoms. The lowest BCUT2D eigenvalue weighted by Crippen LogP contribution is -2.40. The first-order valence-electron chi connectivity index (χ1n) is 8.80. The maximum atomic E-state index is 12.3. The lowest BCUT2D eigenvalue weighted by molar-refractivity contribution is 0.114. The summed E-state index contributed by atoms with van der Waals surface area (Å²) in [5.41, 5.74) is 2.10. The Balaban J connectivity index is 1.91. The number of nitrogens with zero attached hydrogens (tertiary/aromatic N) is 1. The van der Waals surface area contributed by atoms with Crippen LogP contribution < -0.4 is 10.1 Å². The molecule has 0 bridgehead atoms. The van der Waals surface area contributed by atoms with E-state index in [1.165, 1.54) is 0 Å². The van der Waals surface area contributed by atoms with Crippen LogP contribution in [0, 0.1) is 12.8 Å². The normalized spacial score (nSPS) is 20.2. The van der Waals surface area contributed by atoms with E-state index < -0.39 is 0 Å². The minimum Gasteiger partial charge on any atom is -0.491 e. The standard InChI is InChI=1S/C19H30N2O3/c1-13(2)24-18-10-14(3)8-9-15(18)11-20-19(23)21(4)12-16-6-5-7-17(16)22/h8-10,13,16-17,22H,5-7,11-12H2,1-4H3,(H,20,23). The molecule has 0 radical (unpaired) electrons. The second-order valence-corrected chi connectivity index (χ2v) is 7.08. The molecule has 1 saturated carbocycles. The van der Waals surface area contributed by atoms with Gasteiger partial charge >= 0.3 is 6.03 Å². The summed E-state index contributed by atoms with van der Waals surface area (Å²) in [5, 5.41) is 12.8. The average molecular weight is 334 g/mol. The zero-order valence-electron chi connectivity index (χ0n) is 15.2. The van der Waals surface area contributed by atoms with Gasteiger partial charge in [-0.3, -0.25) is 0 Å². The van der Waals surface area contributed by atoms with Crippen LogP contribution in [0.5, 0.6) is 5.75 Å². The minimum atomic E-state index is -0.275. The molecule has 134 valence electrons. The van der Waals surface area contributed by atoms with Crippen molar-refractivity contribution in [1.82, 2.24) is 10.2 Å².